The second-order valence-electron chi connectivity index (χ2n) is 7.05. The van der Waals surface area contributed by atoms with Gasteiger partial charge in [0, 0.05) is 39.3 Å². The summed E-state index contributed by atoms with van der Waals surface area (Å²) in [5, 5.41) is 5.99. The summed E-state index contributed by atoms with van der Waals surface area (Å²) in [5.74, 6) is 1.43. The highest BCUT2D eigenvalue weighted by molar-refractivity contribution is 5.94. The number of amides is 1. The van der Waals surface area contributed by atoms with E-state index in [1.54, 1.807) is 40.3 Å². The third-order valence-corrected chi connectivity index (χ3v) is 4.88. The van der Waals surface area contributed by atoms with Gasteiger partial charge in [0.25, 0.3) is 5.91 Å². The molecule has 0 spiro atoms. The molecule has 7 nitrogen and oxygen atoms in total. The first kappa shape index (κ1) is 24.0. The van der Waals surface area contributed by atoms with Crippen LogP contribution in [0.3, 0.4) is 0 Å². The summed E-state index contributed by atoms with van der Waals surface area (Å²) in [6.07, 6.45) is 0.799. The molecular weight excluding hydrogens is 399 g/mol. The topological polar surface area (TPSA) is 75.2 Å². The first-order valence-corrected chi connectivity index (χ1v) is 10.1. The van der Waals surface area contributed by atoms with Crippen molar-refractivity contribution in [3.05, 3.63) is 58.9 Å². The van der Waals surface area contributed by atoms with Crippen LogP contribution < -0.4 is 20.1 Å². The lowest BCUT2D eigenvalue weighted by Crippen LogP contribution is -2.43. The van der Waals surface area contributed by atoms with Crippen LogP contribution >= 0.6 is 0 Å². The average Bonchev–Trinajstić information content (AvgIpc) is 2.78. The van der Waals surface area contributed by atoms with Crippen molar-refractivity contribution >= 4 is 11.9 Å². The van der Waals surface area contributed by atoms with E-state index in [-0.39, 0.29) is 11.7 Å². The number of aliphatic imine (C=N–C) groups is 1. The van der Waals surface area contributed by atoms with Crippen molar-refractivity contribution < 1.29 is 18.7 Å². The quantitative estimate of drug-likeness (QED) is 0.363. The third kappa shape index (κ3) is 6.87. The number of ether oxygens (including phenoxy) is 2. The van der Waals surface area contributed by atoms with E-state index in [1.165, 1.54) is 6.07 Å². The van der Waals surface area contributed by atoms with Crippen molar-refractivity contribution in [1.29, 1.82) is 0 Å². The zero-order valence-electron chi connectivity index (χ0n) is 18.8. The lowest BCUT2D eigenvalue weighted by molar-refractivity contribution is 0.0954. The summed E-state index contributed by atoms with van der Waals surface area (Å²) in [7, 11) is 6.89. The Balaban J connectivity index is 1.79. The normalized spacial score (nSPS) is 11.1. The molecule has 2 N–H and O–H groups in total. The minimum atomic E-state index is -0.387. The summed E-state index contributed by atoms with van der Waals surface area (Å²) >= 11 is 0. The maximum atomic E-state index is 13.6. The molecule has 0 heterocycles. The van der Waals surface area contributed by atoms with E-state index >= 15 is 0 Å². The van der Waals surface area contributed by atoms with Gasteiger partial charge in [-0.3, -0.25) is 9.79 Å². The first-order chi connectivity index (χ1) is 14.9. The van der Waals surface area contributed by atoms with Gasteiger partial charge < -0.3 is 25.0 Å². The Morgan fingerprint density at radius 2 is 1.77 bits per heavy atom. The second kappa shape index (κ2) is 11.8. The molecule has 31 heavy (non-hydrogen) atoms. The summed E-state index contributed by atoms with van der Waals surface area (Å²) < 4.78 is 24.2. The fourth-order valence-corrected chi connectivity index (χ4v) is 3.01. The molecule has 0 aliphatic carbocycles. The molecule has 0 radical (unpaired) electrons. The van der Waals surface area contributed by atoms with Crippen molar-refractivity contribution in [2.45, 2.75) is 13.3 Å². The number of benzene rings is 2. The maximum absolute atomic E-state index is 13.6. The van der Waals surface area contributed by atoms with E-state index in [1.807, 2.05) is 30.1 Å². The average molecular weight is 431 g/mol. The van der Waals surface area contributed by atoms with Crippen LogP contribution in [0.4, 0.5) is 4.39 Å². The maximum Gasteiger partial charge on any atom is 0.251 e. The lowest BCUT2D eigenvalue weighted by atomic mass is 10.1. The Morgan fingerprint density at radius 3 is 2.42 bits per heavy atom. The highest BCUT2D eigenvalue weighted by Gasteiger charge is 2.10. The Bertz CT molecular complexity index is 918. The molecule has 0 aliphatic heterocycles. The predicted molar refractivity (Wildman–Crippen MR) is 121 cm³/mol. The van der Waals surface area contributed by atoms with Gasteiger partial charge in [-0.15, -0.1) is 0 Å². The first-order valence-electron chi connectivity index (χ1n) is 10.1. The summed E-state index contributed by atoms with van der Waals surface area (Å²) in [6.45, 7) is 3.28. The van der Waals surface area contributed by atoms with Crippen LogP contribution in [0.5, 0.6) is 11.5 Å². The van der Waals surface area contributed by atoms with Crippen LogP contribution in [-0.4, -0.2) is 64.7 Å². The van der Waals surface area contributed by atoms with Gasteiger partial charge in [0.05, 0.1) is 14.2 Å². The van der Waals surface area contributed by atoms with Gasteiger partial charge in [0.1, 0.15) is 5.82 Å². The minimum Gasteiger partial charge on any atom is -0.493 e. The summed E-state index contributed by atoms with van der Waals surface area (Å²) in [4.78, 5) is 18.4. The number of nitrogens with zero attached hydrogens (tertiary/aromatic N) is 2. The number of hydrogen-bond donors (Lipinski definition) is 2. The molecule has 0 saturated carbocycles. The molecule has 0 fully saturated rings. The van der Waals surface area contributed by atoms with Crippen LogP contribution in [0.1, 0.15) is 21.5 Å². The molecule has 0 saturated heterocycles. The molecule has 2 rings (SSSR count). The number of halogens is 1. The van der Waals surface area contributed by atoms with Crippen molar-refractivity contribution in [2.24, 2.45) is 4.99 Å². The molecule has 1 amide bonds. The number of carbonyl (C=O) groups excluding carboxylic acids is 1. The Labute approximate surface area is 183 Å². The van der Waals surface area contributed by atoms with Crippen LogP contribution in [0.15, 0.2) is 41.4 Å². The number of methoxy groups -OCH3 is 2. The Kier molecular flexibility index (Phi) is 9.12. The SMILES string of the molecule is CN=C(NCCNC(=O)c1ccc(C)c(F)c1)N(C)CCc1ccc(OC)c(OC)c1. The monoisotopic (exact) mass is 430 g/mol. The molecule has 0 unspecified atom stereocenters. The fraction of sp³-hybridized carbons (Fsp3) is 0.391. The highest BCUT2D eigenvalue weighted by atomic mass is 19.1. The zero-order chi connectivity index (χ0) is 22.8. The van der Waals surface area contributed by atoms with Crippen molar-refractivity contribution in [3.63, 3.8) is 0 Å². The summed E-state index contributed by atoms with van der Waals surface area (Å²) in [5.41, 5.74) is 1.94. The predicted octanol–water partition coefficient (Wildman–Crippen LogP) is 2.63. The van der Waals surface area contributed by atoms with Crippen molar-refractivity contribution in [2.75, 3.05) is 47.9 Å². The van der Waals surface area contributed by atoms with Crippen LogP contribution in [0, 0.1) is 12.7 Å². The number of likely N-dealkylation sites (N-methyl/N-ethyl adjacent to an activating group) is 1. The molecular formula is C23H31FN4O3. The smallest absolute Gasteiger partial charge is 0.251 e. The lowest BCUT2D eigenvalue weighted by Gasteiger charge is -2.22. The molecule has 8 heteroatoms. The van der Waals surface area contributed by atoms with Gasteiger partial charge in [-0.25, -0.2) is 4.39 Å². The number of aryl methyl sites for hydroxylation is 1. The minimum absolute atomic E-state index is 0.305. The van der Waals surface area contributed by atoms with Crippen LogP contribution in [-0.2, 0) is 6.42 Å². The van der Waals surface area contributed by atoms with Gasteiger partial charge in [-0.05, 0) is 48.7 Å². The summed E-state index contributed by atoms with van der Waals surface area (Å²) in [6, 6.07) is 10.3. The van der Waals surface area contributed by atoms with Gasteiger partial charge in [-0.2, -0.15) is 0 Å². The van der Waals surface area contributed by atoms with E-state index in [9.17, 15) is 9.18 Å². The molecule has 0 aromatic heterocycles. The van der Waals surface area contributed by atoms with E-state index < -0.39 is 0 Å². The Hall–Kier alpha value is -3.29. The molecule has 168 valence electrons. The van der Waals surface area contributed by atoms with Crippen molar-refractivity contribution in [3.8, 4) is 11.5 Å². The molecule has 2 aromatic carbocycles. The van der Waals surface area contributed by atoms with Crippen LogP contribution in [0.2, 0.25) is 0 Å². The largest absolute Gasteiger partial charge is 0.493 e. The molecule has 0 bridgehead atoms. The number of guanidine groups is 1. The molecule has 0 aliphatic rings. The number of nitrogens with one attached hydrogen (secondary N) is 2. The van der Waals surface area contributed by atoms with E-state index in [4.69, 9.17) is 9.47 Å². The second-order valence-corrected chi connectivity index (χ2v) is 7.05. The van der Waals surface area contributed by atoms with E-state index in [2.05, 4.69) is 15.6 Å². The molecule has 2 aromatic rings. The zero-order valence-corrected chi connectivity index (χ0v) is 18.8. The van der Waals surface area contributed by atoms with Crippen molar-refractivity contribution in [1.82, 2.24) is 15.5 Å². The van der Waals surface area contributed by atoms with Gasteiger partial charge in [-0.1, -0.05) is 12.1 Å². The Morgan fingerprint density at radius 1 is 1.06 bits per heavy atom. The number of hydrogen-bond acceptors (Lipinski definition) is 4. The van der Waals surface area contributed by atoms with Gasteiger partial charge in [0.15, 0.2) is 17.5 Å². The standard InChI is InChI=1S/C23H31FN4O3/c1-16-6-8-18(15-19(16)24)22(29)26-11-12-27-23(25-2)28(3)13-10-17-7-9-20(30-4)21(14-17)31-5/h6-9,14-15H,10-13H2,1-5H3,(H,25,27)(H,26,29). The number of carbonyl (C=O) groups is 1. The highest BCUT2D eigenvalue weighted by Crippen LogP contribution is 2.27. The van der Waals surface area contributed by atoms with E-state index in [0.717, 1.165) is 24.5 Å². The van der Waals surface area contributed by atoms with Gasteiger partial charge in [0.2, 0.25) is 0 Å². The van der Waals surface area contributed by atoms with Gasteiger partial charge >= 0.3 is 0 Å². The van der Waals surface area contributed by atoms with E-state index in [0.29, 0.717) is 35.7 Å². The fourth-order valence-electron chi connectivity index (χ4n) is 3.01. The third-order valence-electron chi connectivity index (χ3n) is 4.88. The van der Waals surface area contributed by atoms with Crippen LogP contribution in [0.25, 0.3) is 0 Å². The number of rotatable bonds is 9. The molecule has 0 atom stereocenters.